The number of methoxy groups -OCH3 is 1. The SMILES string of the molecule is COC(=O)NC(=O)CNCCC(=O)O. The van der Waals surface area contributed by atoms with Crippen molar-refractivity contribution in [2.75, 3.05) is 20.2 Å². The second-order valence-corrected chi connectivity index (χ2v) is 2.36. The van der Waals surface area contributed by atoms with Crippen LogP contribution in [0.15, 0.2) is 0 Å². The Hall–Kier alpha value is -1.63. The Morgan fingerprint density at radius 2 is 2.00 bits per heavy atom. The van der Waals surface area contributed by atoms with Crippen molar-refractivity contribution >= 4 is 18.0 Å². The fourth-order valence-corrected chi connectivity index (χ4v) is 0.606. The number of hydrogen-bond donors (Lipinski definition) is 3. The molecular formula is C7H12N2O5. The fourth-order valence-electron chi connectivity index (χ4n) is 0.606. The average Bonchev–Trinajstić information content (AvgIpc) is 2.12. The van der Waals surface area contributed by atoms with Gasteiger partial charge in [0.2, 0.25) is 5.91 Å². The zero-order valence-electron chi connectivity index (χ0n) is 7.70. The third-order valence-electron chi connectivity index (χ3n) is 1.23. The molecular weight excluding hydrogens is 192 g/mol. The topological polar surface area (TPSA) is 105 Å². The number of imide groups is 1. The molecule has 0 aromatic carbocycles. The van der Waals surface area contributed by atoms with Gasteiger partial charge in [0.1, 0.15) is 0 Å². The van der Waals surface area contributed by atoms with Gasteiger partial charge < -0.3 is 15.2 Å². The number of aliphatic carboxylic acids is 1. The number of carbonyl (C=O) groups excluding carboxylic acids is 2. The molecule has 0 radical (unpaired) electrons. The second kappa shape index (κ2) is 6.84. The fraction of sp³-hybridized carbons (Fsp3) is 0.571. The van der Waals surface area contributed by atoms with Crippen molar-refractivity contribution in [1.82, 2.24) is 10.6 Å². The van der Waals surface area contributed by atoms with Crippen molar-refractivity contribution in [3.8, 4) is 0 Å². The highest BCUT2D eigenvalue weighted by Gasteiger charge is 2.06. The number of amides is 2. The maximum Gasteiger partial charge on any atom is 0.413 e. The summed E-state index contributed by atoms with van der Waals surface area (Å²) in [5.41, 5.74) is 0. The van der Waals surface area contributed by atoms with E-state index in [0.29, 0.717) is 0 Å². The summed E-state index contributed by atoms with van der Waals surface area (Å²) in [7, 11) is 1.14. The van der Waals surface area contributed by atoms with E-state index >= 15 is 0 Å². The summed E-state index contributed by atoms with van der Waals surface area (Å²) in [6.07, 6.45) is -0.916. The van der Waals surface area contributed by atoms with E-state index in [-0.39, 0.29) is 19.5 Å². The van der Waals surface area contributed by atoms with E-state index in [2.05, 4.69) is 10.1 Å². The molecule has 0 spiro atoms. The molecule has 0 aromatic rings. The zero-order chi connectivity index (χ0) is 11.0. The van der Waals surface area contributed by atoms with Crippen LogP contribution < -0.4 is 10.6 Å². The van der Waals surface area contributed by atoms with Gasteiger partial charge in [-0.1, -0.05) is 0 Å². The average molecular weight is 204 g/mol. The first kappa shape index (κ1) is 12.4. The minimum absolute atomic E-state index is 0.0779. The summed E-state index contributed by atoms with van der Waals surface area (Å²) in [5, 5.41) is 12.7. The molecule has 0 rings (SSSR count). The van der Waals surface area contributed by atoms with Gasteiger partial charge in [-0.05, 0) is 0 Å². The molecule has 0 fully saturated rings. The van der Waals surface area contributed by atoms with Crippen LogP contribution in [0.5, 0.6) is 0 Å². The molecule has 0 aromatic heterocycles. The van der Waals surface area contributed by atoms with Gasteiger partial charge in [-0.3, -0.25) is 14.9 Å². The van der Waals surface area contributed by atoms with Gasteiger partial charge in [0, 0.05) is 6.54 Å². The van der Waals surface area contributed by atoms with Crippen LogP contribution in [0.2, 0.25) is 0 Å². The number of nitrogens with one attached hydrogen (secondary N) is 2. The van der Waals surface area contributed by atoms with Crippen LogP contribution in [0.25, 0.3) is 0 Å². The summed E-state index contributed by atoms with van der Waals surface area (Å²) in [6.45, 7) is 0.0479. The Morgan fingerprint density at radius 1 is 1.36 bits per heavy atom. The lowest BCUT2D eigenvalue weighted by molar-refractivity contribution is -0.137. The number of carbonyl (C=O) groups is 3. The van der Waals surface area contributed by atoms with Gasteiger partial charge in [0.05, 0.1) is 20.1 Å². The van der Waals surface area contributed by atoms with Gasteiger partial charge in [0.25, 0.3) is 0 Å². The largest absolute Gasteiger partial charge is 0.481 e. The molecule has 2 amide bonds. The standard InChI is InChI=1S/C7H12N2O5/c1-14-7(13)9-5(10)4-8-3-2-6(11)12/h8H,2-4H2,1H3,(H,11,12)(H,9,10,13). The maximum absolute atomic E-state index is 10.8. The zero-order valence-corrected chi connectivity index (χ0v) is 7.70. The Kier molecular flexibility index (Phi) is 6.04. The van der Waals surface area contributed by atoms with Gasteiger partial charge in [-0.15, -0.1) is 0 Å². The van der Waals surface area contributed by atoms with Crippen molar-refractivity contribution < 1.29 is 24.2 Å². The Morgan fingerprint density at radius 3 is 2.50 bits per heavy atom. The number of hydrogen-bond acceptors (Lipinski definition) is 5. The highest BCUT2D eigenvalue weighted by molar-refractivity contribution is 5.92. The first-order valence-electron chi connectivity index (χ1n) is 3.86. The van der Waals surface area contributed by atoms with Crippen LogP contribution in [0.1, 0.15) is 6.42 Å². The molecule has 3 N–H and O–H groups in total. The van der Waals surface area contributed by atoms with E-state index in [1.165, 1.54) is 0 Å². The number of carboxylic acids is 1. The molecule has 0 atom stereocenters. The molecule has 80 valence electrons. The summed E-state index contributed by atoms with van der Waals surface area (Å²) < 4.78 is 4.17. The molecule has 0 bridgehead atoms. The highest BCUT2D eigenvalue weighted by Crippen LogP contribution is 1.75. The lowest BCUT2D eigenvalue weighted by Crippen LogP contribution is -2.38. The summed E-state index contributed by atoms with van der Waals surface area (Å²) in [5.74, 6) is -1.52. The molecule has 7 nitrogen and oxygen atoms in total. The maximum atomic E-state index is 10.8. The van der Waals surface area contributed by atoms with E-state index in [1.807, 2.05) is 5.32 Å². The van der Waals surface area contributed by atoms with Gasteiger partial charge >= 0.3 is 12.1 Å². The first-order valence-corrected chi connectivity index (χ1v) is 3.86. The Bertz CT molecular complexity index is 228. The molecule has 0 aliphatic rings. The van der Waals surface area contributed by atoms with Crippen LogP contribution >= 0.6 is 0 Å². The van der Waals surface area contributed by atoms with Gasteiger partial charge in [-0.2, -0.15) is 0 Å². The van der Waals surface area contributed by atoms with Crippen molar-refractivity contribution in [2.45, 2.75) is 6.42 Å². The number of carboxylic acid groups (broad SMARTS) is 1. The smallest absolute Gasteiger partial charge is 0.413 e. The van der Waals surface area contributed by atoms with Crippen LogP contribution in [0.4, 0.5) is 4.79 Å². The molecule has 7 heteroatoms. The first-order chi connectivity index (χ1) is 6.56. The van der Waals surface area contributed by atoms with Gasteiger partial charge in [-0.25, -0.2) is 4.79 Å². The lowest BCUT2D eigenvalue weighted by Gasteiger charge is -2.03. The lowest BCUT2D eigenvalue weighted by atomic mass is 10.4. The van der Waals surface area contributed by atoms with E-state index < -0.39 is 18.0 Å². The monoisotopic (exact) mass is 204 g/mol. The summed E-state index contributed by atoms with van der Waals surface area (Å²) >= 11 is 0. The van der Waals surface area contributed by atoms with Crippen molar-refractivity contribution in [2.24, 2.45) is 0 Å². The predicted molar refractivity (Wildman–Crippen MR) is 45.7 cm³/mol. The summed E-state index contributed by atoms with van der Waals surface area (Å²) in [4.78, 5) is 31.4. The molecule has 0 heterocycles. The minimum atomic E-state index is -0.953. The van der Waals surface area contributed by atoms with Crippen molar-refractivity contribution in [3.05, 3.63) is 0 Å². The third kappa shape index (κ3) is 7.04. The normalized spacial score (nSPS) is 9.21. The number of alkyl carbamates (subject to hydrolysis) is 1. The molecule has 0 unspecified atom stereocenters. The van der Waals surface area contributed by atoms with Crippen LogP contribution in [-0.4, -0.2) is 43.3 Å². The van der Waals surface area contributed by atoms with Gasteiger partial charge in [0.15, 0.2) is 0 Å². The van der Waals surface area contributed by atoms with E-state index in [0.717, 1.165) is 7.11 Å². The second-order valence-electron chi connectivity index (χ2n) is 2.36. The van der Waals surface area contributed by atoms with Crippen molar-refractivity contribution in [1.29, 1.82) is 0 Å². The minimum Gasteiger partial charge on any atom is -0.481 e. The third-order valence-corrected chi connectivity index (χ3v) is 1.23. The molecule has 0 saturated heterocycles. The quantitative estimate of drug-likeness (QED) is 0.493. The van der Waals surface area contributed by atoms with E-state index in [4.69, 9.17) is 5.11 Å². The van der Waals surface area contributed by atoms with Crippen LogP contribution in [-0.2, 0) is 14.3 Å². The molecule has 0 aliphatic carbocycles. The predicted octanol–water partition coefficient (Wildman–Crippen LogP) is -1.07. The van der Waals surface area contributed by atoms with Crippen LogP contribution in [0.3, 0.4) is 0 Å². The van der Waals surface area contributed by atoms with Crippen LogP contribution in [0, 0.1) is 0 Å². The number of rotatable bonds is 5. The molecule has 0 aliphatic heterocycles. The molecule has 14 heavy (non-hydrogen) atoms. The number of ether oxygens (including phenoxy) is 1. The molecule has 0 saturated carbocycles. The highest BCUT2D eigenvalue weighted by atomic mass is 16.5. The summed E-state index contributed by atoms with van der Waals surface area (Å²) in [6, 6.07) is 0. The van der Waals surface area contributed by atoms with Crippen molar-refractivity contribution in [3.63, 3.8) is 0 Å². The van der Waals surface area contributed by atoms with E-state index in [1.54, 1.807) is 0 Å². The Labute approximate surface area is 80.4 Å². The Balaban J connectivity index is 3.45. The van der Waals surface area contributed by atoms with E-state index in [9.17, 15) is 14.4 Å².